The molecule has 0 aliphatic carbocycles. The van der Waals surface area contributed by atoms with Crippen molar-refractivity contribution in [3.63, 3.8) is 0 Å². The molecule has 0 spiro atoms. The molecule has 0 aliphatic heterocycles. The maximum atomic E-state index is 13.0. The molecule has 1 aromatic carbocycles. The lowest BCUT2D eigenvalue weighted by atomic mass is 9.93. The van der Waals surface area contributed by atoms with Gasteiger partial charge in [0.1, 0.15) is 5.82 Å². The molecule has 0 amide bonds. The molecule has 3 heteroatoms. The highest BCUT2D eigenvalue weighted by molar-refractivity contribution is 5.86. The van der Waals surface area contributed by atoms with E-state index in [1.54, 1.807) is 12.1 Å². The Morgan fingerprint density at radius 2 is 1.70 bits per heavy atom. The number of benzene rings is 1. The topological polar surface area (TPSA) is 20.3 Å². The summed E-state index contributed by atoms with van der Waals surface area (Å²) >= 11 is 0. The molecule has 20 heavy (non-hydrogen) atoms. The summed E-state index contributed by atoms with van der Waals surface area (Å²) in [7, 11) is 0. The number of carbonyl (C=O) groups is 1. The summed E-state index contributed by atoms with van der Waals surface area (Å²) in [5, 5.41) is 0. The number of ketones is 1. The lowest BCUT2D eigenvalue weighted by Crippen LogP contribution is -2.47. The number of hydrogen-bond donors (Lipinski definition) is 0. The van der Waals surface area contributed by atoms with E-state index >= 15 is 0 Å². The van der Waals surface area contributed by atoms with Gasteiger partial charge >= 0.3 is 0 Å². The fourth-order valence-electron chi connectivity index (χ4n) is 2.56. The molecule has 0 unspecified atom stereocenters. The number of hydrogen-bond acceptors (Lipinski definition) is 2. The molecule has 0 aliphatic rings. The van der Waals surface area contributed by atoms with Crippen LogP contribution in [0.1, 0.15) is 40.2 Å². The van der Waals surface area contributed by atoms with Crippen LogP contribution in [0.2, 0.25) is 0 Å². The van der Waals surface area contributed by atoms with Crippen molar-refractivity contribution in [2.45, 2.75) is 53.1 Å². The van der Waals surface area contributed by atoms with E-state index in [1.165, 1.54) is 12.1 Å². The van der Waals surface area contributed by atoms with Gasteiger partial charge in [-0.25, -0.2) is 4.39 Å². The zero-order chi connectivity index (χ0) is 15.3. The normalized spacial score (nSPS) is 13.2. The summed E-state index contributed by atoms with van der Waals surface area (Å²) in [6.45, 7) is 11.0. The fourth-order valence-corrected chi connectivity index (χ4v) is 2.56. The Labute approximate surface area is 122 Å². The van der Waals surface area contributed by atoms with Crippen LogP contribution in [-0.4, -0.2) is 29.3 Å². The molecule has 1 aromatic rings. The highest BCUT2D eigenvalue weighted by atomic mass is 19.1. The van der Waals surface area contributed by atoms with Crippen LogP contribution < -0.4 is 0 Å². The van der Waals surface area contributed by atoms with Gasteiger partial charge in [0.25, 0.3) is 0 Å². The van der Waals surface area contributed by atoms with E-state index in [2.05, 4.69) is 25.7 Å². The zero-order valence-electron chi connectivity index (χ0n) is 13.2. The minimum absolute atomic E-state index is 0.00764. The molecule has 0 radical (unpaired) electrons. The number of rotatable bonds is 7. The minimum Gasteiger partial charge on any atom is -0.298 e. The Morgan fingerprint density at radius 3 is 2.10 bits per heavy atom. The van der Waals surface area contributed by atoms with Crippen molar-refractivity contribution in [2.24, 2.45) is 5.92 Å². The molecule has 0 fully saturated rings. The first-order chi connectivity index (χ1) is 9.36. The van der Waals surface area contributed by atoms with Crippen LogP contribution in [0.4, 0.5) is 4.39 Å². The average Bonchev–Trinajstić information content (AvgIpc) is 2.39. The zero-order valence-corrected chi connectivity index (χ0v) is 13.2. The fraction of sp³-hybridized carbons (Fsp3) is 0.588. The lowest BCUT2D eigenvalue weighted by Gasteiger charge is -2.34. The second-order valence-corrected chi connectivity index (χ2v) is 5.83. The Bertz CT molecular complexity index is 425. The van der Waals surface area contributed by atoms with Crippen molar-refractivity contribution in [1.82, 2.24) is 4.90 Å². The third-order valence-corrected chi connectivity index (χ3v) is 3.67. The molecule has 1 atom stereocenters. The summed E-state index contributed by atoms with van der Waals surface area (Å²) in [4.78, 5) is 14.7. The van der Waals surface area contributed by atoms with Crippen molar-refractivity contribution in [1.29, 1.82) is 0 Å². The van der Waals surface area contributed by atoms with Crippen LogP contribution in [0.25, 0.3) is 0 Å². The van der Waals surface area contributed by atoms with Crippen molar-refractivity contribution in [3.05, 3.63) is 35.6 Å². The molecule has 112 valence electrons. The van der Waals surface area contributed by atoms with Crippen molar-refractivity contribution < 1.29 is 9.18 Å². The maximum Gasteiger partial charge on any atom is 0.152 e. The van der Waals surface area contributed by atoms with E-state index in [4.69, 9.17) is 0 Å². The standard InChI is InChI=1S/C17H26FNO/c1-6-19(13(4)5)16(17(20)12(2)3)11-14-7-9-15(18)10-8-14/h7-10,12-13,16H,6,11H2,1-5H3/t16-/m0/s1. The lowest BCUT2D eigenvalue weighted by molar-refractivity contribution is -0.128. The number of halogens is 1. The Kier molecular flexibility index (Phi) is 6.34. The first kappa shape index (κ1) is 16.8. The summed E-state index contributed by atoms with van der Waals surface area (Å²) in [5.41, 5.74) is 1.00. The van der Waals surface area contributed by atoms with Crippen LogP contribution >= 0.6 is 0 Å². The van der Waals surface area contributed by atoms with Crippen molar-refractivity contribution in [2.75, 3.05) is 6.54 Å². The molecule has 0 heterocycles. The predicted octanol–water partition coefficient (Wildman–Crippen LogP) is 3.69. The van der Waals surface area contributed by atoms with E-state index in [1.807, 2.05) is 13.8 Å². The van der Waals surface area contributed by atoms with Gasteiger partial charge in [0.05, 0.1) is 6.04 Å². The van der Waals surface area contributed by atoms with Crippen molar-refractivity contribution >= 4 is 5.78 Å². The van der Waals surface area contributed by atoms with Gasteiger partial charge < -0.3 is 0 Å². The predicted molar refractivity (Wildman–Crippen MR) is 81.3 cm³/mol. The molecular weight excluding hydrogens is 253 g/mol. The van der Waals surface area contributed by atoms with Crippen LogP contribution in [0.15, 0.2) is 24.3 Å². The number of likely N-dealkylation sites (N-methyl/N-ethyl adjacent to an activating group) is 1. The molecule has 0 saturated heterocycles. The molecule has 0 N–H and O–H groups in total. The second-order valence-electron chi connectivity index (χ2n) is 5.83. The van der Waals surface area contributed by atoms with E-state index in [9.17, 15) is 9.18 Å². The van der Waals surface area contributed by atoms with Gasteiger partial charge in [-0.1, -0.05) is 32.9 Å². The summed E-state index contributed by atoms with van der Waals surface area (Å²) in [6.07, 6.45) is 0.642. The summed E-state index contributed by atoms with van der Waals surface area (Å²) in [6, 6.07) is 6.63. The van der Waals surface area contributed by atoms with Gasteiger partial charge in [0, 0.05) is 12.0 Å². The van der Waals surface area contributed by atoms with Gasteiger partial charge in [-0.05, 0) is 44.5 Å². The monoisotopic (exact) mass is 279 g/mol. The van der Waals surface area contributed by atoms with E-state index < -0.39 is 0 Å². The average molecular weight is 279 g/mol. The summed E-state index contributed by atoms with van der Waals surface area (Å²) in [5.74, 6) is 0.0230. The Hall–Kier alpha value is -1.22. The quantitative estimate of drug-likeness (QED) is 0.758. The molecule has 0 aromatic heterocycles. The van der Waals surface area contributed by atoms with Crippen LogP contribution in [0.3, 0.4) is 0 Å². The second kappa shape index (κ2) is 7.53. The van der Waals surface area contributed by atoms with Gasteiger partial charge in [0.2, 0.25) is 0 Å². The number of nitrogens with zero attached hydrogens (tertiary/aromatic N) is 1. The third kappa shape index (κ3) is 4.41. The Morgan fingerprint density at radius 1 is 1.15 bits per heavy atom. The molecular formula is C17H26FNO. The highest BCUT2D eigenvalue weighted by Crippen LogP contribution is 2.17. The molecule has 0 bridgehead atoms. The van der Waals surface area contributed by atoms with E-state index in [-0.39, 0.29) is 23.6 Å². The van der Waals surface area contributed by atoms with Crippen molar-refractivity contribution in [3.8, 4) is 0 Å². The van der Waals surface area contributed by atoms with E-state index in [0.29, 0.717) is 12.5 Å². The maximum absolute atomic E-state index is 13.0. The van der Waals surface area contributed by atoms with Crippen LogP contribution in [0, 0.1) is 11.7 Å². The molecule has 0 saturated carbocycles. The first-order valence-corrected chi connectivity index (χ1v) is 7.40. The third-order valence-electron chi connectivity index (χ3n) is 3.67. The SMILES string of the molecule is CCN(C(C)C)[C@@H](Cc1ccc(F)cc1)C(=O)C(C)C. The summed E-state index contributed by atoms with van der Waals surface area (Å²) < 4.78 is 13.0. The smallest absolute Gasteiger partial charge is 0.152 e. The first-order valence-electron chi connectivity index (χ1n) is 7.40. The van der Waals surface area contributed by atoms with E-state index in [0.717, 1.165) is 12.1 Å². The number of Topliss-reactive ketones (excluding diaryl/α,β-unsaturated/α-hetero) is 1. The minimum atomic E-state index is -0.239. The highest BCUT2D eigenvalue weighted by Gasteiger charge is 2.28. The molecule has 1 rings (SSSR count). The van der Waals surface area contributed by atoms with Crippen LogP contribution in [-0.2, 0) is 11.2 Å². The van der Waals surface area contributed by atoms with Gasteiger partial charge in [-0.15, -0.1) is 0 Å². The van der Waals surface area contributed by atoms with Gasteiger partial charge in [-0.2, -0.15) is 0 Å². The van der Waals surface area contributed by atoms with Gasteiger partial charge in [-0.3, -0.25) is 9.69 Å². The Balaban J connectivity index is 2.98. The van der Waals surface area contributed by atoms with Gasteiger partial charge in [0.15, 0.2) is 5.78 Å². The largest absolute Gasteiger partial charge is 0.298 e. The van der Waals surface area contributed by atoms with Crippen LogP contribution in [0.5, 0.6) is 0 Å². The molecule has 2 nitrogen and oxygen atoms in total. The number of carbonyl (C=O) groups excluding carboxylic acids is 1.